The van der Waals surface area contributed by atoms with Gasteiger partial charge in [-0.05, 0) is 34.8 Å². The number of nitriles is 1. The number of benzene rings is 3. The van der Waals surface area contributed by atoms with Crippen molar-refractivity contribution in [2.45, 2.75) is 32.1 Å². The highest BCUT2D eigenvalue weighted by Crippen LogP contribution is 2.46. The number of hydrogen-bond donors (Lipinski definition) is 1. The van der Waals surface area contributed by atoms with Crippen LogP contribution in [-0.4, -0.2) is 20.2 Å². The van der Waals surface area contributed by atoms with Gasteiger partial charge in [0.2, 0.25) is 5.88 Å². The number of fused-ring (bicyclic) bond motifs is 1. The molecule has 38 heavy (non-hydrogen) atoms. The van der Waals surface area contributed by atoms with E-state index < -0.39 is 11.9 Å². The van der Waals surface area contributed by atoms with Crippen molar-refractivity contribution in [2.24, 2.45) is 5.73 Å². The number of hydrogen-bond acceptors (Lipinski definition) is 7. The van der Waals surface area contributed by atoms with Crippen molar-refractivity contribution in [2.75, 3.05) is 14.2 Å². The third-order valence-corrected chi connectivity index (χ3v) is 6.35. The monoisotopic (exact) mass is 510 g/mol. The first-order valence-electron chi connectivity index (χ1n) is 12.1. The molecule has 1 aliphatic rings. The fraction of sp³-hybridized carbons (Fsp3) is 0.226. The fourth-order valence-corrected chi connectivity index (χ4v) is 4.28. The molecule has 3 aromatic carbocycles. The van der Waals surface area contributed by atoms with Crippen molar-refractivity contribution in [3.05, 3.63) is 100 Å². The standard InChI is InChI=1S/C31H30N2O5/c1-31(2,3)20-9-6-19(7-10-20)8-15-28(34)37-22-12-14-24-27(17-22)38-30(33)25(18-32)29(24)23-13-11-21(35-4)16-26(23)36-5/h6-17,29H,33H2,1-5H3/b15-8+. The molecule has 1 heterocycles. The molecule has 2 N–H and O–H groups in total. The predicted octanol–water partition coefficient (Wildman–Crippen LogP) is 5.84. The van der Waals surface area contributed by atoms with Crippen molar-refractivity contribution < 1.29 is 23.7 Å². The van der Waals surface area contributed by atoms with Crippen molar-refractivity contribution in [3.63, 3.8) is 0 Å². The number of carbonyl (C=O) groups excluding carboxylic acids is 1. The molecular formula is C31H30N2O5. The van der Waals surface area contributed by atoms with E-state index in [1.54, 1.807) is 50.6 Å². The molecule has 194 valence electrons. The SMILES string of the molecule is COc1ccc(C2C(C#N)=C(N)Oc3cc(OC(=O)/C=C/c4ccc(C(C)(C)C)cc4)ccc32)c(OC)c1. The van der Waals surface area contributed by atoms with E-state index in [-0.39, 0.29) is 22.6 Å². The Morgan fingerprint density at radius 3 is 2.29 bits per heavy atom. The molecule has 0 spiro atoms. The van der Waals surface area contributed by atoms with Crippen LogP contribution in [0.1, 0.15) is 48.9 Å². The van der Waals surface area contributed by atoms with Gasteiger partial charge in [-0.3, -0.25) is 0 Å². The van der Waals surface area contributed by atoms with Gasteiger partial charge >= 0.3 is 5.97 Å². The van der Waals surface area contributed by atoms with Crippen LogP contribution in [0, 0.1) is 11.3 Å². The lowest BCUT2D eigenvalue weighted by atomic mass is 9.83. The quantitative estimate of drug-likeness (QED) is 0.252. The molecule has 0 radical (unpaired) electrons. The van der Waals surface area contributed by atoms with Crippen LogP contribution in [0.25, 0.3) is 6.08 Å². The topological polar surface area (TPSA) is 104 Å². The smallest absolute Gasteiger partial charge is 0.336 e. The normalized spacial score (nSPS) is 14.9. The summed E-state index contributed by atoms with van der Waals surface area (Å²) in [6.07, 6.45) is 3.08. The third kappa shape index (κ3) is 5.50. The van der Waals surface area contributed by atoms with Crippen LogP contribution >= 0.6 is 0 Å². The van der Waals surface area contributed by atoms with E-state index in [0.29, 0.717) is 22.8 Å². The minimum absolute atomic E-state index is 0.0232. The van der Waals surface area contributed by atoms with E-state index in [2.05, 4.69) is 26.8 Å². The van der Waals surface area contributed by atoms with Crippen molar-refractivity contribution in [1.29, 1.82) is 5.26 Å². The Kier molecular flexibility index (Phi) is 7.45. The molecule has 0 fully saturated rings. The second kappa shape index (κ2) is 10.7. The van der Waals surface area contributed by atoms with E-state index >= 15 is 0 Å². The van der Waals surface area contributed by atoms with Crippen molar-refractivity contribution in [1.82, 2.24) is 0 Å². The van der Waals surface area contributed by atoms with Gasteiger partial charge in [-0.25, -0.2) is 4.79 Å². The summed E-state index contributed by atoms with van der Waals surface area (Å²) < 4.78 is 22.1. The second-order valence-electron chi connectivity index (χ2n) is 9.86. The largest absolute Gasteiger partial charge is 0.497 e. The summed E-state index contributed by atoms with van der Waals surface area (Å²) in [5.41, 5.74) is 9.96. The van der Waals surface area contributed by atoms with Gasteiger partial charge in [-0.15, -0.1) is 0 Å². The lowest BCUT2D eigenvalue weighted by molar-refractivity contribution is -0.128. The van der Waals surface area contributed by atoms with Gasteiger partial charge in [-0.2, -0.15) is 5.26 Å². The van der Waals surface area contributed by atoms with Crippen LogP contribution in [0.5, 0.6) is 23.0 Å². The molecule has 1 atom stereocenters. The molecule has 7 nitrogen and oxygen atoms in total. The molecule has 0 aromatic heterocycles. The van der Waals surface area contributed by atoms with Gasteiger partial charge in [0.25, 0.3) is 0 Å². The van der Waals surface area contributed by atoms with Crippen LogP contribution in [0.15, 0.2) is 78.2 Å². The van der Waals surface area contributed by atoms with Gasteiger partial charge < -0.3 is 24.7 Å². The van der Waals surface area contributed by atoms with Crippen LogP contribution in [0.3, 0.4) is 0 Å². The summed E-state index contributed by atoms with van der Waals surface area (Å²) in [5, 5.41) is 9.85. The Morgan fingerprint density at radius 2 is 1.66 bits per heavy atom. The number of methoxy groups -OCH3 is 2. The highest BCUT2D eigenvalue weighted by Gasteiger charge is 2.33. The molecule has 0 amide bonds. The third-order valence-electron chi connectivity index (χ3n) is 6.35. The average Bonchev–Trinajstić information content (AvgIpc) is 2.90. The minimum atomic E-state index is -0.537. The molecular weight excluding hydrogens is 480 g/mol. The van der Waals surface area contributed by atoms with Crippen LogP contribution in [0.2, 0.25) is 0 Å². The van der Waals surface area contributed by atoms with Gasteiger partial charge in [0, 0.05) is 29.3 Å². The summed E-state index contributed by atoms with van der Waals surface area (Å²) in [6.45, 7) is 6.45. The Hall–Kier alpha value is -4.70. The number of esters is 1. The van der Waals surface area contributed by atoms with Crippen LogP contribution < -0.4 is 24.7 Å². The Bertz CT molecular complexity index is 1460. The average molecular weight is 511 g/mol. The summed E-state index contributed by atoms with van der Waals surface area (Å²) in [7, 11) is 3.12. The Labute approximate surface area is 222 Å². The molecule has 1 aliphatic heterocycles. The Balaban J connectivity index is 1.58. The maximum atomic E-state index is 12.5. The first-order valence-corrected chi connectivity index (χ1v) is 12.1. The second-order valence-corrected chi connectivity index (χ2v) is 9.86. The number of rotatable bonds is 6. The van der Waals surface area contributed by atoms with E-state index in [4.69, 9.17) is 24.7 Å². The molecule has 0 bridgehead atoms. The molecule has 0 saturated heterocycles. The zero-order chi connectivity index (χ0) is 27.4. The van der Waals surface area contributed by atoms with E-state index in [0.717, 1.165) is 11.1 Å². The molecule has 0 saturated carbocycles. The van der Waals surface area contributed by atoms with E-state index in [1.807, 2.05) is 30.3 Å². The molecule has 0 aliphatic carbocycles. The lowest BCUT2D eigenvalue weighted by Crippen LogP contribution is -2.21. The summed E-state index contributed by atoms with van der Waals surface area (Å²) >= 11 is 0. The number of carbonyl (C=O) groups is 1. The number of ether oxygens (including phenoxy) is 4. The number of nitrogens with zero attached hydrogens (tertiary/aromatic N) is 1. The number of nitrogens with two attached hydrogens (primary N) is 1. The molecule has 7 heteroatoms. The maximum absolute atomic E-state index is 12.5. The first kappa shape index (κ1) is 26.4. The number of allylic oxidation sites excluding steroid dienone is 1. The summed E-state index contributed by atoms with van der Waals surface area (Å²) in [5.74, 6) is 0.741. The zero-order valence-corrected chi connectivity index (χ0v) is 22.1. The van der Waals surface area contributed by atoms with Gasteiger partial charge in [0.05, 0.1) is 20.1 Å². The van der Waals surface area contributed by atoms with Gasteiger partial charge in [-0.1, -0.05) is 57.2 Å². The van der Waals surface area contributed by atoms with Crippen molar-refractivity contribution >= 4 is 12.0 Å². The highest BCUT2D eigenvalue weighted by molar-refractivity contribution is 5.88. The van der Waals surface area contributed by atoms with Gasteiger partial charge in [0.1, 0.15) is 34.6 Å². The molecule has 4 rings (SSSR count). The first-order chi connectivity index (χ1) is 18.1. The molecule has 3 aromatic rings. The summed E-state index contributed by atoms with van der Waals surface area (Å²) in [4.78, 5) is 12.5. The van der Waals surface area contributed by atoms with Crippen LogP contribution in [-0.2, 0) is 10.2 Å². The minimum Gasteiger partial charge on any atom is -0.497 e. The van der Waals surface area contributed by atoms with E-state index in [9.17, 15) is 10.1 Å². The lowest BCUT2D eigenvalue weighted by Gasteiger charge is -2.27. The molecule has 1 unspecified atom stereocenters. The van der Waals surface area contributed by atoms with Gasteiger partial charge in [0.15, 0.2) is 0 Å². The highest BCUT2D eigenvalue weighted by atomic mass is 16.5. The summed E-state index contributed by atoms with van der Waals surface area (Å²) in [6, 6.07) is 20.6. The van der Waals surface area contributed by atoms with Crippen molar-refractivity contribution in [3.8, 4) is 29.1 Å². The zero-order valence-electron chi connectivity index (χ0n) is 22.1. The Morgan fingerprint density at radius 1 is 0.974 bits per heavy atom. The van der Waals surface area contributed by atoms with Crippen LogP contribution in [0.4, 0.5) is 0 Å². The van der Waals surface area contributed by atoms with E-state index in [1.165, 1.54) is 11.6 Å². The predicted molar refractivity (Wildman–Crippen MR) is 145 cm³/mol. The fourth-order valence-electron chi connectivity index (χ4n) is 4.28. The maximum Gasteiger partial charge on any atom is 0.336 e.